The topological polar surface area (TPSA) is 33.1 Å². The van der Waals surface area contributed by atoms with Gasteiger partial charge in [-0.05, 0) is 42.3 Å². The molecule has 0 aliphatic rings. The molecule has 0 fully saturated rings. The van der Waals surface area contributed by atoms with Crippen LogP contribution >= 0.6 is 15.9 Å². The minimum absolute atomic E-state index is 0.365. The van der Waals surface area contributed by atoms with Gasteiger partial charge in [0, 0.05) is 22.8 Å². The molecule has 1 heterocycles. The van der Waals surface area contributed by atoms with Gasteiger partial charge in [0.1, 0.15) is 5.82 Å². The van der Waals surface area contributed by atoms with E-state index in [2.05, 4.69) is 20.9 Å². The number of rotatable bonds is 3. The van der Waals surface area contributed by atoms with Crippen LogP contribution in [0.1, 0.15) is 22.9 Å². The zero-order valence-corrected chi connectivity index (χ0v) is 11.5. The van der Waals surface area contributed by atoms with Gasteiger partial charge in [0.05, 0.1) is 6.10 Å². The van der Waals surface area contributed by atoms with Crippen LogP contribution in [0.3, 0.4) is 0 Å². The van der Waals surface area contributed by atoms with Crippen LogP contribution in [0.25, 0.3) is 0 Å². The molecule has 0 saturated carbocycles. The van der Waals surface area contributed by atoms with E-state index in [0.717, 1.165) is 11.3 Å². The Bertz CT molecular complexity index is 539. The third-order valence-corrected chi connectivity index (χ3v) is 3.23. The highest BCUT2D eigenvalue weighted by molar-refractivity contribution is 9.10. The zero-order chi connectivity index (χ0) is 13.1. The van der Waals surface area contributed by atoms with Crippen LogP contribution in [0.4, 0.5) is 4.39 Å². The van der Waals surface area contributed by atoms with Crippen molar-refractivity contribution in [3.05, 3.63) is 63.6 Å². The fraction of sp³-hybridized carbons (Fsp3) is 0.214. The number of aromatic nitrogens is 1. The smallest absolute Gasteiger partial charge is 0.124 e. The third kappa shape index (κ3) is 3.15. The van der Waals surface area contributed by atoms with Crippen molar-refractivity contribution in [2.45, 2.75) is 19.4 Å². The van der Waals surface area contributed by atoms with E-state index in [4.69, 9.17) is 0 Å². The Hall–Kier alpha value is -1.26. The average molecular weight is 310 g/mol. The summed E-state index contributed by atoms with van der Waals surface area (Å²) < 4.78 is 13.9. The van der Waals surface area contributed by atoms with E-state index in [1.807, 2.05) is 19.1 Å². The SMILES string of the molecule is Cc1cccnc1CC(O)c1cc(F)cc(Br)c1. The first-order valence-corrected chi connectivity index (χ1v) is 6.40. The van der Waals surface area contributed by atoms with Gasteiger partial charge in [0.15, 0.2) is 0 Å². The summed E-state index contributed by atoms with van der Waals surface area (Å²) in [6.07, 6.45) is 1.31. The van der Waals surface area contributed by atoms with E-state index < -0.39 is 6.10 Å². The van der Waals surface area contributed by atoms with Gasteiger partial charge in [0.2, 0.25) is 0 Å². The molecule has 94 valence electrons. The standard InChI is InChI=1S/C14H13BrFNO/c1-9-3-2-4-17-13(9)8-14(18)10-5-11(15)7-12(16)6-10/h2-7,14,18H,8H2,1H3. The molecular formula is C14H13BrFNO. The Balaban J connectivity index is 2.22. The van der Waals surface area contributed by atoms with E-state index in [1.54, 1.807) is 12.3 Å². The Labute approximate surface area is 114 Å². The summed E-state index contributed by atoms with van der Waals surface area (Å²) in [6.45, 7) is 1.94. The summed E-state index contributed by atoms with van der Waals surface area (Å²) in [5.74, 6) is -0.365. The Morgan fingerprint density at radius 1 is 1.39 bits per heavy atom. The van der Waals surface area contributed by atoms with Crippen LogP contribution in [-0.2, 0) is 6.42 Å². The van der Waals surface area contributed by atoms with Crippen molar-refractivity contribution in [3.8, 4) is 0 Å². The molecule has 0 amide bonds. The third-order valence-electron chi connectivity index (χ3n) is 2.77. The molecule has 1 atom stereocenters. The number of aliphatic hydroxyl groups is 1. The zero-order valence-electron chi connectivity index (χ0n) is 9.90. The van der Waals surface area contributed by atoms with Gasteiger partial charge < -0.3 is 5.11 Å². The van der Waals surface area contributed by atoms with Gasteiger partial charge in [-0.2, -0.15) is 0 Å². The summed E-state index contributed by atoms with van der Waals surface area (Å²) in [4.78, 5) is 4.22. The van der Waals surface area contributed by atoms with Crippen molar-refractivity contribution in [2.24, 2.45) is 0 Å². The Kier molecular flexibility index (Phi) is 4.09. The molecule has 18 heavy (non-hydrogen) atoms. The second kappa shape index (κ2) is 5.59. The second-order valence-electron chi connectivity index (χ2n) is 4.19. The first kappa shape index (κ1) is 13.2. The normalized spacial score (nSPS) is 12.4. The molecule has 0 radical (unpaired) electrons. The Morgan fingerprint density at radius 3 is 2.83 bits per heavy atom. The number of benzene rings is 1. The maximum atomic E-state index is 13.2. The summed E-state index contributed by atoms with van der Waals surface area (Å²) >= 11 is 3.21. The van der Waals surface area contributed by atoms with E-state index in [1.165, 1.54) is 12.1 Å². The van der Waals surface area contributed by atoms with Crippen molar-refractivity contribution in [2.75, 3.05) is 0 Å². The number of halogens is 2. The number of aliphatic hydroxyl groups excluding tert-OH is 1. The lowest BCUT2D eigenvalue weighted by Crippen LogP contribution is -2.05. The van der Waals surface area contributed by atoms with Crippen LogP contribution < -0.4 is 0 Å². The highest BCUT2D eigenvalue weighted by atomic mass is 79.9. The first-order valence-electron chi connectivity index (χ1n) is 5.61. The molecule has 0 aliphatic heterocycles. The minimum atomic E-state index is -0.759. The van der Waals surface area contributed by atoms with E-state index in [9.17, 15) is 9.50 Å². The van der Waals surface area contributed by atoms with Gasteiger partial charge in [-0.25, -0.2) is 4.39 Å². The molecule has 2 aromatic rings. The van der Waals surface area contributed by atoms with Gasteiger partial charge in [0.25, 0.3) is 0 Å². The maximum absolute atomic E-state index is 13.2. The summed E-state index contributed by atoms with van der Waals surface area (Å²) in [5, 5.41) is 10.1. The fourth-order valence-corrected chi connectivity index (χ4v) is 2.28. The van der Waals surface area contributed by atoms with Gasteiger partial charge in [-0.3, -0.25) is 4.98 Å². The van der Waals surface area contributed by atoms with Crippen LogP contribution in [0, 0.1) is 12.7 Å². The van der Waals surface area contributed by atoms with Gasteiger partial charge >= 0.3 is 0 Å². The molecule has 0 aliphatic carbocycles. The molecule has 2 rings (SSSR count). The largest absolute Gasteiger partial charge is 0.388 e. The summed E-state index contributed by atoms with van der Waals surface area (Å²) in [6, 6.07) is 8.21. The lowest BCUT2D eigenvalue weighted by molar-refractivity contribution is 0.176. The highest BCUT2D eigenvalue weighted by Crippen LogP contribution is 2.23. The Morgan fingerprint density at radius 2 is 2.17 bits per heavy atom. The molecule has 0 saturated heterocycles. The molecule has 0 bridgehead atoms. The first-order chi connectivity index (χ1) is 8.56. The number of nitrogens with zero attached hydrogens (tertiary/aromatic N) is 1. The van der Waals surface area contributed by atoms with Crippen molar-refractivity contribution in [1.82, 2.24) is 4.98 Å². The van der Waals surface area contributed by atoms with Crippen molar-refractivity contribution < 1.29 is 9.50 Å². The molecular weight excluding hydrogens is 297 g/mol. The molecule has 4 heteroatoms. The summed E-state index contributed by atoms with van der Waals surface area (Å²) in [7, 11) is 0. The molecule has 1 N–H and O–H groups in total. The molecule has 2 nitrogen and oxygen atoms in total. The van der Waals surface area contributed by atoms with E-state index in [0.29, 0.717) is 16.5 Å². The van der Waals surface area contributed by atoms with Gasteiger partial charge in [-0.1, -0.05) is 22.0 Å². The predicted octanol–water partition coefficient (Wildman–Crippen LogP) is 3.57. The van der Waals surface area contributed by atoms with Gasteiger partial charge in [-0.15, -0.1) is 0 Å². The lowest BCUT2D eigenvalue weighted by Gasteiger charge is -2.12. The molecule has 1 aromatic carbocycles. The van der Waals surface area contributed by atoms with Crippen molar-refractivity contribution >= 4 is 15.9 Å². The number of pyridine rings is 1. The van der Waals surface area contributed by atoms with Crippen LogP contribution in [0.15, 0.2) is 41.0 Å². The van der Waals surface area contributed by atoms with Crippen LogP contribution in [-0.4, -0.2) is 10.1 Å². The minimum Gasteiger partial charge on any atom is -0.388 e. The number of aryl methyl sites for hydroxylation is 1. The predicted molar refractivity (Wildman–Crippen MR) is 71.7 cm³/mol. The highest BCUT2D eigenvalue weighted by Gasteiger charge is 2.12. The number of hydrogen-bond donors (Lipinski definition) is 1. The van der Waals surface area contributed by atoms with E-state index >= 15 is 0 Å². The molecule has 1 aromatic heterocycles. The average Bonchev–Trinajstić information content (AvgIpc) is 2.31. The van der Waals surface area contributed by atoms with Crippen molar-refractivity contribution in [1.29, 1.82) is 0 Å². The fourth-order valence-electron chi connectivity index (χ4n) is 1.80. The summed E-state index contributed by atoms with van der Waals surface area (Å²) in [5.41, 5.74) is 2.39. The number of hydrogen-bond acceptors (Lipinski definition) is 2. The molecule has 1 unspecified atom stereocenters. The second-order valence-corrected chi connectivity index (χ2v) is 5.11. The quantitative estimate of drug-likeness (QED) is 0.940. The lowest BCUT2D eigenvalue weighted by atomic mass is 10.0. The van der Waals surface area contributed by atoms with Crippen LogP contribution in [0.2, 0.25) is 0 Å². The molecule has 0 spiro atoms. The van der Waals surface area contributed by atoms with E-state index in [-0.39, 0.29) is 5.82 Å². The maximum Gasteiger partial charge on any atom is 0.124 e. The van der Waals surface area contributed by atoms with Crippen LogP contribution in [0.5, 0.6) is 0 Å². The van der Waals surface area contributed by atoms with Crippen molar-refractivity contribution in [3.63, 3.8) is 0 Å². The monoisotopic (exact) mass is 309 g/mol.